The average molecular weight is 417 g/mol. The van der Waals surface area contributed by atoms with Crippen LogP contribution in [0.5, 0.6) is 0 Å². The SMILES string of the molecule is CCN(C)OC(c1ccc(-n2cc(-c3ccnc4nc[nH]c34)cn2)nc1)C(F)(F)F. The fraction of sp³-hybridized carbons (Fsp3) is 0.263. The molecule has 1 unspecified atom stereocenters. The molecule has 0 aliphatic carbocycles. The summed E-state index contributed by atoms with van der Waals surface area (Å²) in [5.41, 5.74) is 2.91. The number of halogens is 3. The molecule has 0 radical (unpaired) electrons. The minimum absolute atomic E-state index is 0.0905. The van der Waals surface area contributed by atoms with Gasteiger partial charge in [0.1, 0.15) is 0 Å². The largest absolute Gasteiger partial charge is 0.420 e. The minimum atomic E-state index is -4.57. The van der Waals surface area contributed by atoms with Gasteiger partial charge in [0.2, 0.25) is 6.10 Å². The van der Waals surface area contributed by atoms with Gasteiger partial charge in [-0.15, -0.1) is 0 Å². The molecular formula is C19H18F3N7O. The highest BCUT2D eigenvalue weighted by molar-refractivity contribution is 5.88. The molecule has 0 aliphatic heterocycles. The fourth-order valence-electron chi connectivity index (χ4n) is 2.93. The Bertz CT molecular complexity index is 1140. The second-order valence-electron chi connectivity index (χ2n) is 6.55. The molecule has 4 rings (SSSR count). The van der Waals surface area contributed by atoms with Gasteiger partial charge >= 0.3 is 6.18 Å². The zero-order valence-electron chi connectivity index (χ0n) is 16.1. The molecule has 0 saturated heterocycles. The molecule has 4 aromatic heterocycles. The third-order valence-electron chi connectivity index (χ3n) is 4.56. The van der Waals surface area contributed by atoms with Crippen molar-refractivity contribution in [3.8, 4) is 16.9 Å². The fourth-order valence-corrected chi connectivity index (χ4v) is 2.93. The van der Waals surface area contributed by atoms with E-state index >= 15 is 0 Å². The number of hydrogen-bond donors (Lipinski definition) is 1. The van der Waals surface area contributed by atoms with Gasteiger partial charge in [-0.2, -0.15) is 23.3 Å². The van der Waals surface area contributed by atoms with Gasteiger partial charge in [0.25, 0.3) is 0 Å². The van der Waals surface area contributed by atoms with Crippen molar-refractivity contribution in [3.63, 3.8) is 0 Å². The highest BCUT2D eigenvalue weighted by atomic mass is 19.4. The highest BCUT2D eigenvalue weighted by Gasteiger charge is 2.43. The van der Waals surface area contributed by atoms with Crippen LogP contribution < -0.4 is 0 Å². The van der Waals surface area contributed by atoms with E-state index in [9.17, 15) is 13.2 Å². The third-order valence-corrected chi connectivity index (χ3v) is 4.56. The van der Waals surface area contributed by atoms with Gasteiger partial charge in [0.05, 0.1) is 18.0 Å². The summed E-state index contributed by atoms with van der Waals surface area (Å²) in [7, 11) is 1.45. The molecule has 0 aromatic carbocycles. The number of hydrogen-bond acceptors (Lipinski definition) is 6. The maximum atomic E-state index is 13.4. The van der Waals surface area contributed by atoms with Crippen LogP contribution in [0.25, 0.3) is 28.1 Å². The summed E-state index contributed by atoms with van der Waals surface area (Å²) < 4.78 is 41.7. The van der Waals surface area contributed by atoms with Crippen molar-refractivity contribution in [2.45, 2.75) is 19.2 Å². The van der Waals surface area contributed by atoms with Crippen molar-refractivity contribution in [1.29, 1.82) is 0 Å². The number of imidazole rings is 1. The number of pyridine rings is 2. The van der Waals surface area contributed by atoms with E-state index in [-0.39, 0.29) is 5.56 Å². The number of alkyl halides is 3. The van der Waals surface area contributed by atoms with Crippen LogP contribution in [-0.2, 0) is 4.84 Å². The normalized spacial score (nSPS) is 13.3. The van der Waals surface area contributed by atoms with Gasteiger partial charge in [-0.1, -0.05) is 13.0 Å². The summed E-state index contributed by atoms with van der Waals surface area (Å²) in [4.78, 5) is 20.5. The molecule has 30 heavy (non-hydrogen) atoms. The molecule has 8 nitrogen and oxygen atoms in total. The van der Waals surface area contributed by atoms with Gasteiger partial charge < -0.3 is 4.98 Å². The van der Waals surface area contributed by atoms with Crippen LogP contribution >= 0.6 is 0 Å². The number of hydroxylamine groups is 2. The van der Waals surface area contributed by atoms with Crippen molar-refractivity contribution >= 4 is 11.2 Å². The van der Waals surface area contributed by atoms with Gasteiger partial charge in [0.15, 0.2) is 11.5 Å². The lowest BCUT2D eigenvalue weighted by molar-refractivity contribution is -0.295. The van der Waals surface area contributed by atoms with Crippen LogP contribution in [0.15, 0.2) is 49.3 Å². The van der Waals surface area contributed by atoms with E-state index in [1.165, 1.54) is 23.9 Å². The van der Waals surface area contributed by atoms with Crippen molar-refractivity contribution in [2.75, 3.05) is 13.6 Å². The van der Waals surface area contributed by atoms with Crippen molar-refractivity contribution in [1.82, 2.24) is 34.8 Å². The predicted molar refractivity (Wildman–Crippen MR) is 102 cm³/mol. The molecule has 156 valence electrons. The first-order chi connectivity index (χ1) is 14.4. The Hall–Kier alpha value is -3.31. The lowest BCUT2D eigenvalue weighted by Crippen LogP contribution is -2.31. The molecule has 4 aromatic rings. The summed E-state index contributed by atoms with van der Waals surface area (Å²) in [6, 6.07) is 4.64. The number of fused-ring (bicyclic) bond motifs is 1. The first-order valence-electron chi connectivity index (χ1n) is 9.11. The molecule has 0 saturated carbocycles. The van der Waals surface area contributed by atoms with E-state index in [2.05, 4.69) is 25.0 Å². The predicted octanol–water partition coefficient (Wildman–Crippen LogP) is 3.69. The van der Waals surface area contributed by atoms with Crippen molar-refractivity contribution in [3.05, 3.63) is 54.9 Å². The van der Waals surface area contributed by atoms with E-state index in [1.54, 1.807) is 31.8 Å². The molecule has 0 aliphatic rings. The summed E-state index contributed by atoms with van der Waals surface area (Å²) in [6.45, 7) is 2.01. The smallest absolute Gasteiger partial charge is 0.343 e. The molecule has 0 bridgehead atoms. The molecule has 4 heterocycles. The topological polar surface area (TPSA) is 84.8 Å². The van der Waals surface area contributed by atoms with E-state index < -0.39 is 12.3 Å². The number of nitrogens with zero attached hydrogens (tertiary/aromatic N) is 6. The van der Waals surface area contributed by atoms with E-state index in [0.717, 1.165) is 27.9 Å². The molecule has 0 fully saturated rings. The van der Waals surface area contributed by atoms with E-state index in [0.29, 0.717) is 18.0 Å². The summed E-state index contributed by atoms with van der Waals surface area (Å²) in [5.74, 6) is 0.379. The van der Waals surface area contributed by atoms with Crippen molar-refractivity contribution < 1.29 is 18.0 Å². The van der Waals surface area contributed by atoms with Gasteiger partial charge in [0, 0.05) is 48.9 Å². The first kappa shape index (κ1) is 20.0. The zero-order chi connectivity index (χ0) is 21.3. The number of aromatic amines is 1. The van der Waals surface area contributed by atoms with E-state index in [1.807, 2.05) is 6.07 Å². The number of rotatable bonds is 6. The zero-order valence-corrected chi connectivity index (χ0v) is 16.1. The Labute approximate surface area is 169 Å². The quantitative estimate of drug-likeness (QED) is 0.482. The molecule has 1 atom stereocenters. The number of H-pyrrole nitrogens is 1. The van der Waals surface area contributed by atoms with Crippen LogP contribution in [-0.4, -0.2) is 54.5 Å². The summed E-state index contributed by atoms with van der Waals surface area (Å²) >= 11 is 0. The second kappa shape index (κ2) is 7.84. The number of aromatic nitrogens is 6. The first-order valence-corrected chi connectivity index (χ1v) is 9.11. The Kier molecular flexibility index (Phi) is 5.22. The molecule has 0 amide bonds. The van der Waals surface area contributed by atoms with Crippen LogP contribution in [0, 0.1) is 0 Å². The minimum Gasteiger partial charge on any atom is -0.343 e. The van der Waals surface area contributed by atoms with Gasteiger partial charge in [-0.3, -0.25) is 4.84 Å². The molecule has 1 N–H and O–H groups in total. The number of nitrogens with one attached hydrogen (secondary N) is 1. The Morgan fingerprint density at radius 1 is 1.17 bits per heavy atom. The second-order valence-corrected chi connectivity index (χ2v) is 6.55. The van der Waals surface area contributed by atoms with Gasteiger partial charge in [-0.25, -0.2) is 19.6 Å². The lowest BCUT2D eigenvalue weighted by atomic mass is 10.1. The average Bonchev–Trinajstić information content (AvgIpc) is 3.40. The Balaban J connectivity index is 1.61. The molecular weight excluding hydrogens is 399 g/mol. The molecule has 0 spiro atoms. The van der Waals surface area contributed by atoms with E-state index in [4.69, 9.17) is 4.84 Å². The highest BCUT2D eigenvalue weighted by Crippen LogP contribution is 2.36. The standard InChI is InChI=1S/C19H18F3N7O/c1-3-28(2)30-17(19(20,21)22)12-4-5-15(24-8-12)29-10-13(9-27-29)14-6-7-23-18-16(14)25-11-26-18/h4-11,17H,3H2,1-2H3,(H,23,25,26). The van der Waals surface area contributed by atoms with Crippen LogP contribution in [0.3, 0.4) is 0 Å². The maximum Gasteiger partial charge on any atom is 0.420 e. The summed E-state index contributed by atoms with van der Waals surface area (Å²) in [5, 5.41) is 5.41. The monoisotopic (exact) mass is 417 g/mol. The van der Waals surface area contributed by atoms with Gasteiger partial charge in [-0.05, 0) is 12.1 Å². The van der Waals surface area contributed by atoms with Crippen LogP contribution in [0.2, 0.25) is 0 Å². The maximum absolute atomic E-state index is 13.4. The molecule has 11 heteroatoms. The third kappa shape index (κ3) is 3.89. The Morgan fingerprint density at radius 2 is 2.00 bits per heavy atom. The van der Waals surface area contributed by atoms with Crippen LogP contribution in [0.1, 0.15) is 18.6 Å². The Morgan fingerprint density at radius 3 is 2.70 bits per heavy atom. The van der Waals surface area contributed by atoms with Crippen molar-refractivity contribution in [2.24, 2.45) is 0 Å². The summed E-state index contributed by atoms with van der Waals surface area (Å²) in [6.07, 6.45) is 1.07. The lowest BCUT2D eigenvalue weighted by Gasteiger charge is -2.25. The van der Waals surface area contributed by atoms with Crippen LogP contribution in [0.4, 0.5) is 13.2 Å².